The maximum Gasteiger partial charge on any atom is 0.416 e. The van der Waals surface area contributed by atoms with Crippen molar-refractivity contribution in [3.63, 3.8) is 0 Å². The zero-order valence-corrected chi connectivity index (χ0v) is 11.5. The van der Waals surface area contributed by atoms with Crippen LogP contribution in [0.3, 0.4) is 0 Å². The molecule has 2 rings (SSSR count). The highest BCUT2D eigenvalue weighted by Crippen LogP contribution is 2.34. The third-order valence-corrected chi connectivity index (χ3v) is 3.57. The number of benzene rings is 1. The number of aromatic nitrogens is 1. The van der Waals surface area contributed by atoms with Crippen molar-refractivity contribution in [1.82, 2.24) is 4.98 Å². The van der Waals surface area contributed by atoms with Crippen LogP contribution in [-0.4, -0.2) is 25.2 Å². The molecule has 0 aliphatic rings. The summed E-state index contributed by atoms with van der Waals surface area (Å²) < 4.78 is 42.9. The fraction of sp³-hybridized carbons (Fsp3) is 0.308. The van der Waals surface area contributed by atoms with Crippen molar-refractivity contribution in [1.29, 1.82) is 0 Å². The van der Waals surface area contributed by atoms with Gasteiger partial charge in [0.25, 0.3) is 0 Å². The Morgan fingerprint density at radius 3 is 2.85 bits per heavy atom. The molecule has 1 aromatic carbocycles. The van der Waals surface area contributed by atoms with E-state index in [1.165, 1.54) is 17.4 Å². The Labute approximate surface area is 118 Å². The lowest BCUT2D eigenvalue weighted by molar-refractivity contribution is -0.137. The van der Waals surface area contributed by atoms with E-state index in [4.69, 9.17) is 4.74 Å². The molecule has 0 saturated heterocycles. The van der Waals surface area contributed by atoms with E-state index in [1.54, 1.807) is 19.4 Å². The average Bonchev–Trinajstić information content (AvgIpc) is 2.87. The van der Waals surface area contributed by atoms with Crippen LogP contribution in [0.4, 0.5) is 18.3 Å². The lowest BCUT2D eigenvalue weighted by Crippen LogP contribution is -2.06. The molecule has 0 unspecified atom stereocenters. The summed E-state index contributed by atoms with van der Waals surface area (Å²) in [5.74, 6) is 0. The van der Waals surface area contributed by atoms with Crippen molar-refractivity contribution in [2.45, 2.75) is 6.18 Å². The first kappa shape index (κ1) is 14.8. The summed E-state index contributed by atoms with van der Waals surface area (Å²) in [5.41, 5.74) is -0.144. The van der Waals surface area contributed by atoms with E-state index in [-0.39, 0.29) is 0 Å². The van der Waals surface area contributed by atoms with Crippen LogP contribution in [0.5, 0.6) is 0 Å². The van der Waals surface area contributed by atoms with E-state index < -0.39 is 11.7 Å². The monoisotopic (exact) mass is 302 g/mol. The smallest absolute Gasteiger partial charge is 0.383 e. The Balaban J connectivity index is 2.16. The molecular formula is C13H13F3N2OS. The van der Waals surface area contributed by atoms with Crippen LogP contribution in [0.25, 0.3) is 10.4 Å². The van der Waals surface area contributed by atoms with Gasteiger partial charge in [-0.2, -0.15) is 13.2 Å². The van der Waals surface area contributed by atoms with Crippen LogP contribution in [0.2, 0.25) is 0 Å². The van der Waals surface area contributed by atoms with Crippen LogP contribution in [-0.2, 0) is 10.9 Å². The summed E-state index contributed by atoms with van der Waals surface area (Å²) in [7, 11) is 1.59. The average molecular weight is 302 g/mol. The number of anilines is 1. The van der Waals surface area contributed by atoms with Gasteiger partial charge in [-0.25, -0.2) is 4.98 Å². The second-order valence-corrected chi connectivity index (χ2v) is 5.06. The predicted octanol–water partition coefficient (Wildman–Crippen LogP) is 3.89. The minimum atomic E-state index is -4.33. The highest BCUT2D eigenvalue weighted by atomic mass is 32.1. The van der Waals surface area contributed by atoms with Crippen molar-refractivity contribution >= 4 is 16.5 Å². The van der Waals surface area contributed by atoms with Gasteiger partial charge in [0.2, 0.25) is 0 Å². The van der Waals surface area contributed by atoms with Crippen molar-refractivity contribution in [3.05, 3.63) is 36.0 Å². The molecule has 1 heterocycles. The summed E-state index contributed by atoms with van der Waals surface area (Å²) in [6.45, 7) is 1.14. The van der Waals surface area contributed by atoms with E-state index in [1.807, 2.05) is 0 Å². The van der Waals surface area contributed by atoms with Gasteiger partial charge in [0.1, 0.15) is 0 Å². The molecule has 0 radical (unpaired) electrons. The highest BCUT2D eigenvalue weighted by Gasteiger charge is 2.30. The van der Waals surface area contributed by atoms with Gasteiger partial charge < -0.3 is 10.1 Å². The maximum atomic E-state index is 12.7. The molecule has 0 fully saturated rings. The molecule has 20 heavy (non-hydrogen) atoms. The first-order valence-electron chi connectivity index (χ1n) is 5.87. The number of halogens is 3. The molecule has 0 bridgehead atoms. The zero-order valence-electron chi connectivity index (χ0n) is 10.7. The van der Waals surface area contributed by atoms with E-state index in [0.717, 1.165) is 12.1 Å². The molecule has 0 aliphatic heterocycles. The minimum absolute atomic E-state index is 0.511. The fourth-order valence-corrected chi connectivity index (χ4v) is 2.44. The summed E-state index contributed by atoms with van der Waals surface area (Å²) in [4.78, 5) is 4.82. The summed E-state index contributed by atoms with van der Waals surface area (Å²) in [6.07, 6.45) is -2.77. The van der Waals surface area contributed by atoms with Crippen LogP contribution in [0.1, 0.15) is 5.56 Å². The van der Waals surface area contributed by atoms with E-state index in [0.29, 0.717) is 28.7 Å². The quantitative estimate of drug-likeness (QED) is 0.851. The molecule has 108 valence electrons. The third kappa shape index (κ3) is 3.71. The van der Waals surface area contributed by atoms with E-state index in [2.05, 4.69) is 10.3 Å². The topological polar surface area (TPSA) is 34.1 Å². The number of alkyl halides is 3. The van der Waals surface area contributed by atoms with E-state index in [9.17, 15) is 13.2 Å². The molecule has 0 saturated carbocycles. The number of ether oxygens (including phenoxy) is 1. The fourth-order valence-electron chi connectivity index (χ4n) is 1.60. The maximum absolute atomic E-state index is 12.7. The van der Waals surface area contributed by atoms with Gasteiger partial charge in [0, 0.05) is 19.9 Å². The lowest BCUT2D eigenvalue weighted by atomic mass is 10.1. The van der Waals surface area contributed by atoms with Crippen molar-refractivity contribution in [2.75, 3.05) is 25.6 Å². The van der Waals surface area contributed by atoms with Gasteiger partial charge in [-0.1, -0.05) is 23.5 Å². The number of methoxy groups -OCH3 is 1. The summed E-state index contributed by atoms with van der Waals surface area (Å²) in [5, 5.41) is 3.70. The number of hydrogen-bond donors (Lipinski definition) is 1. The van der Waals surface area contributed by atoms with Gasteiger partial charge >= 0.3 is 6.18 Å². The molecule has 1 aromatic heterocycles. The molecule has 2 aromatic rings. The number of nitrogens with one attached hydrogen (secondary N) is 1. The van der Waals surface area contributed by atoms with Gasteiger partial charge in [0.05, 0.1) is 17.0 Å². The van der Waals surface area contributed by atoms with Gasteiger partial charge in [0.15, 0.2) is 5.13 Å². The van der Waals surface area contributed by atoms with Crippen LogP contribution < -0.4 is 5.32 Å². The highest BCUT2D eigenvalue weighted by molar-refractivity contribution is 7.18. The minimum Gasteiger partial charge on any atom is -0.383 e. The molecule has 3 nitrogen and oxygen atoms in total. The molecule has 0 aliphatic carbocycles. The Morgan fingerprint density at radius 1 is 1.35 bits per heavy atom. The SMILES string of the molecule is COCCNc1ncc(-c2cccc(C(F)(F)F)c2)s1. The molecule has 0 amide bonds. The molecule has 7 heteroatoms. The van der Waals surface area contributed by atoms with Crippen LogP contribution >= 0.6 is 11.3 Å². The summed E-state index contributed by atoms with van der Waals surface area (Å²) in [6, 6.07) is 5.23. The molecular weight excluding hydrogens is 289 g/mol. The van der Waals surface area contributed by atoms with Crippen LogP contribution in [0.15, 0.2) is 30.5 Å². The van der Waals surface area contributed by atoms with Gasteiger partial charge in [-0.3, -0.25) is 0 Å². The van der Waals surface area contributed by atoms with Gasteiger partial charge in [-0.05, 0) is 17.7 Å². The molecule has 0 atom stereocenters. The number of rotatable bonds is 5. The molecule has 0 spiro atoms. The second-order valence-electron chi connectivity index (χ2n) is 4.03. The Hall–Kier alpha value is -1.60. The van der Waals surface area contributed by atoms with Crippen molar-refractivity contribution in [3.8, 4) is 10.4 Å². The Morgan fingerprint density at radius 2 is 2.15 bits per heavy atom. The van der Waals surface area contributed by atoms with Crippen molar-refractivity contribution in [2.24, 2.45) is 0 Å². The lowest BCUT2D eigenvalue weighted by Gasteiger charge is -2.07. The Bertz CT molecular complexity index is 569. The van der Waals surface area contributed by atoms with E-state index >= 15 is 0 Å². The first-order valence-corrected chi connectivity index (χ1v) is 6.68. The molecule has 1 N–H and O–H groups in total. The van der Waals surface area contributed by atoms with Gasteiger partial charge in [-0.15, -0.1) is 0 Å². The largest absolute Gasteiger partial charge is 0.416 e. The van der Waals surface area contributed by atoms with Crippen molar-refractivity contribution < 1.29 is 17.9 Å². The first-order chi connectivity index (χ1) is 9.50. The number of nitrogens with zero attached hydrogens (tertiary/aromatic N) is 1. The number of hydrogen-bond acceptors (Lipinski definition) is 4. The summed E-state index contributed by atoms with van der Waals surface area (Å²) >= 11 is 1.31. The third-order valence-electron chi connectivity index (χ3n) is 2.56. The Kier molecular flexibility index (Phi) is 4.61. The second kappa shape index (κ2) is 6.23. The zero-order chi connectivity index (χ0) is 14.6. The predicted molar refractivity (Wildman–Crippen MR) is 72.9 cm³/mol. The number of thiazole rings is 1. The standard InChI is InChI=1S/C13H13F3N2OS/c1-19-6-5-17-12-18-8-11(20-12)9-3-2-4-10(7-9)13(14,15)16/h2-4,7-8H,5-6H2,1H3,(H,17,18). The van der Waals surface area contributed by atoms with Crippen LogP contribution in [0, 0.1) is 0 Å². The normalized spacial score (nSPS) is 11.6.